The lowest BCUT2D eigenvalue weighted by atomic mass is 9.86. The van der Waals surface area contributed by atoms with Gasteiger partial charge in [0, 0.05) is 22.9 Å². The Balaban J connectivity index is 2.57. The first-order valence-electron chi connectivity index (χ1n) is 7.09. The highest BCUT2D eigenvalue weighted by Gasteiger charge is 2.28. The summed E-state index contributed by atoms with van der Waals surface area (Å²) in [6.45, 7) is 4.94. The number of nitro groups is 1. The van der Waals surface area contributed by atoms with Crippen molar-refractivity contribution in [3.63, 3.8) is 0 Å². The summed E-state index contributed by atoms with van der Waals surface area (Å²) in [5, 5.41) is 30.8. The van der Waals surface area contributed by atoms with E-state index in [1.165, 1.54) is 30.3 Å². The van der Waals surface area contributed by atoms with Crippen LogP contribution >= 0.6 is 0 Å². The van der Waals surface area contributed by atoms with Crippen molar-refractivity contribution in [2.75, 3.05) is 0 Å². The van der Waals surface area contributed by atoms with Crippen molar-refractivity contribution in [3.05, 3.63) is 51.7 Å². The van der Waals surface area contributed by atoms with E-state index in [0.29, 0.717) is 10.9 Å². The SMILES string of the molecule is CC(C)(C)C(=O)C(C#N)=C(O)c1ccc2cc([N+](=O)[O-])ccc2n1. The average molecular weight is 325 g/mol. The van der Waals surface area contributed by atoms with Crippen molar-refractivity contribution < 1.29 is 14.8 Å². The van der Waals surface area contributed by atoms with Gasteiger partial charge in [-0.2, -0.15) is 5.26 Å². The quantitative estimate of drug-likeness (QED) is 0.303. The lowest BCUT2D eigenvalue weighted by Gasteiger charge is -2.16. The second-order valence-corrected chi connectivity index (χ2v) is 6.25. The number of benzene rings is 1. The smallest absolute Gasteiger partial charge is 0.270 e. The average Bonchev–Trinajstić information content (AvgIpc) is 2.53. The summed E-state index contributed by atoms with van der Waals surface area (Å²) in [5.41, 5.74) is -0.791. The molecule has 0 spiro atoms. The zero-order valence-electron chi connectivity index (χ0n) is 13.4. The number of Topliss-reactive ketones (excluding diaryl/α,β-unsaturated/α-hetero) is 1. The largest absolute Gasteiger partial charge is 0.504 e. The van der Waals surface area contributed by atoms with Gasteiger partial charge in [0.25, 0.3) is 5.69 Å². The third-order valence-corrected chi connectivity index (χ3v) is 3.38. The first kappa shape index (κ1) is 17.1. The molecule has 0 bridgehead atoms. The third-order valence-electron chi connectivity index (χ3n) is 3.38. The first-order valence-corrected chi connectivity index (χ1v) is 7.09. The molecule has 1 N–H and O–H groups in total. The summed E-state index contributed by atoms with van der Waals surface area (Å²) in [6.07, 6.45) is 0. The molecule has 0 saturated carbocycles. The molecule has 1 heterocycles. The number of nitrogens with zero attached hydrogens (tertiary/aromatic N) is 3. The van der Waals surface area contributed by atoms with Gasteiger partial charge in [-0.3, -0.25) is 14.9 Å². The lowest BCUT2D eigenvalue weighted by Crippen LogP contribution is -2.22. The number of pyridine rings is 1. The Morgan fingerprint density at radius 1 is 1.29 bits per heavy atom. The number of allylic oxidation sites excluding steroid dienone is 1. The number of nitro benzene ring substituents is 1. The van der Waals surface area contributed by atoms with E-state index in [2.05, 4.69) is 4.98 Å². The molecule has 0 unspecified atom stereocenters. The van der Waals surface area contributed by atoms with Crippen LogP contribution in [0.15, 0.2) is 35.9 Å². The first-order chi connectivity index (χ1) is 11.1. The van der Waals surface area contributed by atoms with Gasteiger partial charge in [-0.05, 0) is 12.1 Å². The van der Waals surface area contributed by atoms with Gasteiger partial charge in [-0.1, -0.05) is 26.8 Å². The van der Waals surface area contributed by atoms with Crippen molar-refractivity contribution in [1.29, 1.82) is 5.26 Å². The predicted octanol–water partition coefficient (Wildman–Crippen LogP) is 3.55. The van der Waals surface area contributed by atoms with Crippen LogP contribution < -0.4 is 0 Å². The van der Waals surface area contributed by atoms with E-state index < -0.39 is 21.9 Å². The van der Waals surface area contributed by atoms with Crippen LogP contribution in [0.5, 0.6) is 0 Å². The number of aliphatic hydroxyl groups is 1. The number of hydrogen-bond donors (Lipinski definition) is 1. The number of aliphatic hydroxyl groups excluding tert-OH is 1. The van der Waals surface area contributed by atoms with Crippen molar-refractivity contribution in [1.82, 2.24) is 4.98 Å². The summed E-state index contributed by atoms with van der Waals surface area (Å²) >= 11 is 0. The van der Waals surface area contributed by atoms with Crippen LogP contribution in [0.2, 0.25) is 0 Å². The van der Waals surface area contributed by atoms with Crippen molar-refractivity contribution >= 4 is 28.1 Å². The maximum atomic E-state index is 12.3. The summed E-state index contributed by atoms with van der Waals surface area (Å²) in [7, 11) is 0. The lowest BCUT2D eigenvalue weighted by molar-refractivity contribution is -0.384. The Labute approximate surface area is 138 Å². The second-order valence-electron chi connectivity index (χ2n) is 6.25. The Bertz CT molecular complexity index is 918. The fourth-order valence-corrected chi connectivity index (χ4v) is 2.07. The molecule has 0 aliphatic carbocycles. The molecule has 1 aromatic heterocycles. The molecule has 24 heavy (non-hydrogen) atoms. The second kappa shape index (κ2) is 6.08. The molecule has 2 rings (SSSR count). The van der Waals surface area contributed by atoms with E-state index in [0.717, 1.165) is 0 Å². The van der Waals surface area contributed by atoms with Crippen LogP contribution in [0.1, 0.15) is 26.5 Å². The number of carbonyl (C=O) groups excluding carboxylic acids is 1. The molecular weight excluding hydrogens is 310 g/mol. The van der Waals surface area contributed by atoms with E-state index >= 15 is 0 Å². The van der Waals surface area contributed by atoms with E-state index in [1.54, 1.807) is 26.8 Å². The van der Waals surface area contributed by atoms with Crippen molar-refractivity contribution in [3.8, 4) is 6.07 Å². The van der Waals surface area contributed by atoms with Gasteiger partial charge in [-0.15, -0.1) is 0 Å². The Morgan fingerprint density at radius 3 is 2.50 bits per heavy atom. The fraction of sp³-hybridized carbons (Fsp3) is 0.235. The fourth-order valence-electron chi connectivity index (χ4n) is 2.07. The molecule has 0 aliphatic heterocycles. The summed E-state index contributed by atoms with van der Waals surface area (Å²) < 4.78 is 0. The van der Waals surface area contributed by atoms with Gasteiger partial charge >= 0.3 is 0 Å². The van der Waals surface area contributed by atoms with Crippen LogP contribution in [0.4, 0.5) is 5.69 Å². The predicted molar refractivity (Wildman–Crippen MR) is 88.0 cm³/mol. The molecular formula is C17H15N3O4. The molecule has 122 valence electrons. The maximum Gasteiger partial charge on any atom is 0.270 e. The number of ketones is 1. The van der Waals surface area contributed by atoms with E-state index in [9.17, 15) is 25.3 Å². The van der Waals surface area contributed by atoms with Crippen LogP contribution in [-0.4, -0.2) is 20.8 Å². The van der Waals surface area contributed by atoms with Crippen molar-refractivity contribution in [2.45, 2.75) is 20.8 Å². The molecule has 0 radical (unpaired) electrons. The van der Waals surface area contributed by atoms with Gasteiger partial charge in [-0.25, -0.2) is 4.98 Å². The topological polar surface area (TPSA) is 117 Å². The minimum Gasteiger partial charge on any atom is -0.504 e. The maximum absolute atomic E-state index is 12.3. The molecule has 7 nitrogen and oxygen atoms in total. The number of rotatable bonds is 3. The summed E-state index contributed by atoms with van der Waals surface area (Å²) in [5.74, 6) is -0.995. The minimum atomic E-state index is -0.823. The van der Waals surface area contributed by atoms with Crippen molar-refractivity contribution in [2.24, 2.45) is 5.41 Å². The van der Waals surface area contributed by atoms with Crippen LogP contribution in [0.3, 0.4) is 0 Å². The molecule has 0 atom stereocenters. The van der Waals surface area contributed by atoms with Gasteiger partial charge < -0.3 is 5.11 Å². The van der Waals surface area contributed by atoms with E-state index in [-0.39, 0.29) is 17.0 Å². The number of aromatic nitrogens is 1. The standard InChI is InChI=1S/C17H15N3O4/c1-17(2,3)16(22)12(9-18)15(21)14-6-4-10-8-11(20(23)24)5-7-13(10)19-14/h4-8,21H,1-3H3. The monoisotopic (exact) mass is 325 g/mol. The highest BCUT2D eigenvalue weighted by atomic mass is 16.6. The zero-order chi connectivity index (χ0) is 18.1. The normalized spacial score (nSPS) is 12.4. The molecule has 2 aromatic rings. The highest BCUT2D eigenvalue weighted by molar-refractivity contribution is 6.07. The summed E-state index contributed by atoms with van der Waals surface area (Å²) in [6, 6.07) is 8.78. The highest BCUT2D eigenvalue weighted by Crippen LogP contribution is 2.26. The molecule has 7 heteroatoms. The van der Waals surface area contributed by atoms with Crippen LogP contribution in [0, 0.1) is 26.9 Å². The van der Waals surface area contributed by atoms with Gasteiger partial charge in [0.05, 0.1) is 10.4 Å². The van der Waals surface area contributed by atoms with E-state index in [1.807, 2.05) is 0 Å². The number of hydrogen-bond acceptors (Lipinski definition) is 6. The van der Waals surface area contributed by atoms with Gasteiger partial charge in [0.2, 0.25) is 0 Å². The Morgan fingerprint density at radius 2 is 1.96 bits per heavy atom. The Hall–Kier alpha value is -3.27. The molecule has 0 saturated heterocycles. The number of non-ortho nitro benzene ring substituents is 1. The van der Waals surface area contributed by atoms with Crippen LogP contribution in [-0.2, 0) is 4.79 Å². The van der Waals surface area contributed by atoms with Gasteiger partial charge in [0.1, 0.15) is 17.3 Å². The molecule has 1 aromatic carbocycles. The third kappa shape index (κ3) is 3.22. The van der Waals surface area contributed by atoms with E-state index in [4.69, 9.17) is 0 Å². The molecule has 0 fully saturated rings. The molecule has 0 aliphatic rings. The Kier molecular flexibility index (Phi) is 4.33. The number of fused-ring (bicyclic) bond motifs is 1. The van der Waals surface area contributed by atoms with Gasteiger partial charge in [0.15, 0.2) is 11.5 Å². The summed E-state index contributed by atoms with van der Waals surface area (Å²) in [4.78, 5) is 26.7. The zero-order valence-corrected chi connectivity index (χ0v) is 13.4. The number of nitriles is 1. The minimum absolute atomic E-state index is 0.0607. The molecule has 0 amide bonds. The number of carbonyl (C=O) groups is 1. The van der Waals surface area contributed by atoms with Crippen LogP contribution in [0.25, 0.3) is 16.7 Å².